The molecule has 1 N–H and O–H groups in total. The van der Waals surface area contributed by atoms with Crippen LogP contribution in [0.2, 0.25) is 0 Å². The number of aryl methyl sites for hydroxylation is 3. The summed E-state index contributed by atoms with van der Waals surface area (Å²) in [6.45, 7) is 6.51. The normalized spacial score (nSPS) is 20.5. The van der Waals surface area contributed by atoms with Crippen LogP contribution in [-0.4, -0.2) is 58.0 Å². The molecule has 4 amide bonds. The Morgan fingerprint density at radius 3 is 2.54 bits per heavy atom. The summed E-state index contributed by atoms with van der Waals surface area (Å²) in [4.78, 5) is 42.5. The summed E-state index contributed by atoms with van der Waals surface area (Å²) in [5.41, 5.74) is 1.70. The third-order valence-electron chi connectivity index (χ3n) is 7.32. The highest BCUT2D eigenvalue weighted by atomic mass is 16.5. The fourth-order valence-corrected chi connectivity index (χ4v) is 5.22. The van der Waals surface area contributed by atoms with Crippen molar-refractivity contribution in [3.63, 3.8) is 0 Å². The van der Waals surface area contributed by atoms with Crippen LogP contribution in [0.25, 0.3) is 0 Å². The molecule has 184 valence electrons. The number of hydrogen-bond acceptors (Lipinski definition) is 5. The predicted octanol–water partition coefficient (Wildman–Crippen LogP) is 3.02. The molecule has 0 radical (unpaired) electrons. The fraction of sp³-hybridized carbons (Fsp3) is 0.481. The van der Waals surface area contributed by atoms with Crippen molar-refractivity contribution in [2.45, 2.75) is 58.4 Å². The Labute approximate surface area is 206 Å². The number of urea groups is 1. The second-order valence-electron chi connectivity index (χ2n) is 9.34. The summed E-state index contributed by atoms with van der Waals surface area (Å²) in [5.74, 6) is 6.03. The van der Waals surface area contributed by atoms with E-state index >= 15 is 0 Å². The molecule has 35 heavy (non-hydrogen) atoms. The van der Waals surface area contributed by atoms with E-state index in [1.54, 1.807) is 6.92 Å². The van der Waals surface area contributed by atoms with Crippen molar-refractivity contribution >= 4 is 17.8 Å². The number of hydrogen-bond donors (Lipinski definition) is 1. The molecule has 2 saturated heterocycles. The smallest absolute Gasteiger partial charge is 0.325 e. The maximum Gasteiger partial charge on any atom is 0.325 e. The number of aromatic nitrogens is 1. The molecule has 2 aliphatic rings. The molecule has 3 heterocycles. The van der Waals surface area contributed by atoms with Crippen LogP contribution < -0.4 is 5.32 Å². The Balaban J connectivity index is 1.49. The zero-order valence-corrected chi connectivity index (χ0v) is 20.6. The van der Waals surface area contributed by atoms with Gasteiger partial charge in [-0.25, -0.2) is 4.79 Å². The molecule has 4 rings (SSSR count). The van der Waals surface area contributed by atoms with Gasteiger partial charge < -0.3 is 14.7 Å². The van der Waals surface area contributed by atoms with Gasteiger partial charge in [0, 0.05) is 18.7 Å². The minimum Gasteiger partial charge on any atom is -0.361 e. The Bertz CT molecular complexity index is 1140. The first-order chi connectivity index (χ1) is 16.9. The largest absolute Gasteiger partial charge is 0.361 e. The Morgan fingerprint density at radius 1 is 1.20 bits per heavy atom. The van der Waals surface area contributed by atoms with E-state index in [1.165, 1.54) is 4.90 Å². The molecule has 2 fully saturated rings. The van der Waals surface area contributed by atoms with Gasteiger partial charge in [0.2, 0.25) is 5.91 Å². The number of imide groups is 1. The molecule has 2 aliphatic heterocycles. The van der Waals surface area contributed by atoms with Gasteiger partial charge in [-0.2, -0.15) is 0 Å². The number of rotatable bonds is 7. The highest BCUT2D eigenvalue weighted by molar-refractivity contribution is 6.07. The van der Waals surface area contributed by atoms with E-state index in [4.69, 9.17) is 4.52 Å². The molecule has 2 aromatic rings. The first-order valence-corrected chi connectivity index (χ1v) is 12.1. The van der Waals surface area contributed by atoms with Gasteiger partial charge in [0.05, 0.1) is 18.7 Å². The fourth-order valence-electron chi connectivity index (χ4n) is 5.22. The van der Waals surface area contributed by atoms with Gasteiger partial charge in [-0.15, -0.1) is 5.92 Å². The Kier molecular flexibility index (Phi) is 7.25. The average molecular weight is 477 g/mol. The molecule has 1 aromatic heterocycles. The molecule has 0 saturated carbocycles. The third kappa shape index (κ3) is 4.95. The van der Waals surface area contributed by atoms with Crippen LogP contribution >= 0.6 is 0 Å². The Morgan fingerprint density at radius 2 is 1.91 bits per heavy atom. The van der Waals surface area contributed by atoms with Crippen LogP contribution in [0.3, 0.4) is 0 Å². The van der Waals surface area contributed by atoms with Gasteiger partial charge in [0.25, 0.3) is 5.91 Å². The van der Waals surface area contributed by atoms with E-state index in [0.29, 0.717) is 44.5 Å². The molecule has 1 atom stereocenters. The summed E-state index contributed by atoms with van der Waals surface area (Å²) in [5, 5.41) is 7.00. The van der Waals surface area contributed by atoms with E-state index in [1.807, 2.05) is 49.1 Å². The molecule has 8 nitrogen and oxygen atoms in total. The maximum absolute atomic E-state index is 13.6. The predicted molar refractivity (Wildman–Crippen MR) is 130 cm³/mol. The lowest BCUT2D eigenvalue weighted by atomic mass is 9.74. The molecular formula is C27H32N4O4. The van der Waals surface area contributed by atoms with Crippen LogP contribution in [0.15, 0.2) is 34.9 Å². The molecule has 0 spiro atoms. The number of nitrogens with one attached hydrogen (secondary N) is 1. The first kappa shape index (κ1) is 24.5. The van der Waals surface area contributed by atoms with Crippen molar-refractivity contribution in [1.29, 1.82) is 0 Å². The van der Waals surface area contributed by atoms with Gasteiger partial charge in [0.1, 0.15) is 11.3 Å². The lowest BCUT2D eigenvalue weighted by Gasteiger charge is -2.41. The summed E-state index contributed by atoms with van der Waals surface area (Å²) in [6, 6.07) is 9.59. The van der Waals surface area contributed by atoms with Crippen molar-refractivity contribution < 1.29 is 18.9 Å². The van der Waals surface area contributed by atoms with E-state index in [9.17, 15) is 14.4 Å². The SMILES string of the molecule is CC#CCN1C(=O)N[C@@](CCc2ccccc2)(C2CCN(C(=O)Cc3c(C)noc3C)CC2)C1=O. The zero-order valence-electron chi connectivity index (χ0n) is 20.6. The van der Waals surface area contributed by atoms with Crippen molar-refractivity contribution in [2.75, 3.05) is 19.6 Å². The van der Waals surface area contributed by atoms with E-state index in [2.05, 4.69) is 22.3 Å². The van der Waals surface area contributed by atoms with E-state index < -0.39 is 5.54 Å². The summed E-state index contributed by atoms with van der Waals surface area (Å²) < 4.78 is 5.19. The van der Waals surface area contributed by atoms with Crippen molar-refractivity contribution in [3.05, 3.63) is 52.9 Å². The summed E-state index contributed by atoms with van der Waals surface area (Å²) in [7, 11) is 0. The standard InChI is InChI=1S/C27H32N4O4/c1-4-5-15-31-25(33)27(28-26(31)34,14-11-21-9-7-6-8-10-21)22-12-16-30(17-13-22)24(32)18-23-19(2)29-35-20(23)3/h6-10,22H,11-18H2,1-3H3,(H,28,34)/t27-/m0/s1. The van der Waals surface area contributed by atoms with Gasteiger partial charge in [-0.05, 0) is 57.9 Å². The lowest BCUT2D eigenvalue weighted by molar-refractivity contribution is -0.135. The second kappa shape index (κ2) is 10.3. The minimum absolute atomic E-state index is 0.0258. The average Bonchev–Trinajstić information content (AvgIpc) is 3.32. The number of benzene rings is 1. The van der Waals surface area contributed by atoms with Crippen LogP contribution in [-0.2, 0) is 22.4 Å². The number of carbonyl (C=O) groups excluding carboxylic acids is 3. The molecule has 0 aliphatic carbocycles. The van der Waals surface area contributed by atoms with Gasteiger partial charge in [-0.1, -0.05) is 41.4 Å². The highest BCUT2D eigenvalue weighted by Gasteiger charge is 2.55. The second-order valence-corrected chi connectivity index (χ2v) is 9.34. The molecule has 0 unspecified atom stereocenters. The van der Waals surface area contributed by atoms with Gasteiger partial charge >= 0.3 is 6.03 Å². The number of likely N-dealkylation sites (tertiary alicyclic amines) is 1. The topological polar surface area (TPSA) is 95.8 Å². The van der Waals surface area contributed by atoms with Crippen LogP contribution in [0.1, 0.15) is 48.8 Å². The zero-order chi connectivity index (χ0) is 25.0. The van der Waals surface area contributed by atoms with Crippen molar-refractivity contribution in [2.24, 2.45) is 5.92 Å². The molecule has 8 heteroatoms. The monoisotopic (exact) mass is 476 g/mol. The lowest BCUT2D eigenvalue weighted by Crippen LogP contribution is -2.57. The van der Waals surface area contributed by atoms with Crippen molar-refractivity contribution in [1.82, 2.24) is 20.3 Å². The highest BCUT2D eigenvalue weighted by Crippen LogP contribution is 2.37. The van der Waals surface area contributed by atoms with Crippen LogP contribution in [0.5, 0.6) is 0 Å². The molecule has 1 aromatic carbocycles. The van der Waals surface area contributed by atoms with E-state index in [-0.39, 0.29) is 36.7 Å². The number of amides is 4. The first-order valence-electron chi connectivity index (χ1n) is 12.1. The Hall–Kier alpha value is -3.60. The number of piperidine rings is 1. The summed E-state index contributed by atoms with van der Waals surface area (Å²) in [6.07, 6.45) is 2.72. The maximum atomic E-state index is 13.6. The van der Waals surface area contributed by atoms with Gasteiger partial charge in [0.15, 0.2) is 0 Å². The number of nitrogens with zero attached hydrogens (tertiary/aromatic N) is 3. The van der Waals surface area contributed by atoms with Crippen LogP contribution in [0, 0.1) is 31.6 Å². The minimum atomic E-state index is -0.987. The molecular weight excluding hydrogens is 444 g/mol. The van der Waals surface area contributed by atoms with Crippen molar-refractivity contribution in [3.8, 4) is 11.8 Å². The number of carbonyl (C=O) groups is 3. The van der Waals surface area contributed by atoms with Gasteiger partial charge in [-0.3, -0.25) is 14.5 Å². The summed E-state index contributed by atoms with van der Waals surface area (Å²) >= 11 is 0. The quantitative estimate of drug-likeness (QED) is 0.490. The van der Waals surface area contributed by atoms with Crippen LogP contribution in [0.4, 0.5) is 4.79 Å². The molecule has 0 bridgehead atoms. The van der Waals surface area contributed by atoms with E-state index in [0.717, 1.165) is 16.8 Å². The third-order valence-corrected chi connectivity index (χ3v) is 7.32.